The van der Waals surface area contributed by atoms with E-state index >= 15 is 0 Å². The van der Waals surface area contributed by atoms with Crippen LogP contribution < -0.4 is 10.2 Å². The first-order valence-corrected chi connectivity index (χ1v) is 9.68. The number of nitrogens with one attached hydrogen (secondary N) is 1. The molecule has 0 unspecified atom stereocenters. The van der Waals surface area contributed by atoms with Crippen molar-refractivity contribution in [3.63, 3.8) is 0 Å². The fraction of sp³-hybridized carbons (Fsp3) is 0.524. The molecule has 0 bridgehead atoms. The number of amides is 1. The fourth-order valence-corrected chi connectivity index (χ4v) is 3.58. The van der Waals surface area contributed by atoms with Crippen LogP contribution in [0.15, 0.2) is 30.3 Å². The number of anilines is 2. The Hall–Kier alpha value is -2.30. The summed E-state index contributed by atoms with van der Waals surface area (Å²) in [6, 6.07) is 10.1. The summed E-state index contributed by atoms with van der Waals surface area (Å²) in [6.45, 7) is 8.50. The van der Waals surface area contributed by atoms with Gasteiger partial charge in [0.25, 0.3) is 5.91 Å². The van der Waals surface area contributed by atoms with Crippen molar-refractivity contribution in [3.05, 3.63) is 41.7 Å². The second-order valence-corrected chi connectivity index (χ2v) is 8.51. The van der Waals surface area contributed by atoms with Crippen LogP contribution in [0.2, 0.25) is 0 Å². The molecule has 1 aliphatic carbocycles. The van der Waals surface area contributed by atoms with Gasteiger partial charge in [0.05, 0.1) is 11.2 Å². The van der Waals surface area contributed by atoms with Crippen LogP contribution in [0.1, 0.15) is 68.6 Å². The molecule has 2 heterocycles. The number of rotatable bonds is 4. The van der Waals surface area contributed by atoms with Crippen LogP contribution in [0.25, 0.3) is 0 Å². The van der Waals surface area contributed by atoms with E-state index in [0.29, 0.717) is 11.6 Å². The van der Waals surface area contributed by atoms with Gasteiger partial charge in [-0.05, 0) is 76.8 Å². The smallest absolute Gasteiger partial charge is 0.273 e. The van der Waals surface area contributed by atoms with Gasteiger partial charge in [-0.15, -0.1) is 0 Å². The maximum atomic E-state index is 12.9. The van der Waals surface area contributed by atoms with Gasteiger partial charge >= 0.3 is 0 Å². The Labute approximate surface area is 155 Å². The molecule has 2 fully saturated rings. The number of benzene rings is 1. The lowest BCUT2D eigenvalue weighted by atomic mass is 10.1. The third kappa shape index (κ3) is 3.48. The first kappa shape index (κ1) is 17.1. The van der Waals surface area contributed by atoms with E-state index in [-0.39, 0.29) is 11.4 Å². The van der Waals surface area contributed by atoms with E-state index in [9.17, 15) is 4.79 Å². The Kier molecular flexibility index (Phi) is 4.25. The van der Waals surface area contributed by atoms with E-state index in [4.69, 9.17) is 5.10 Å². The van der Waals surface area contributed by atoms with Gasteiger partial charge in [0.15, 0.2) is 0 Å². The minimum atomic E-state index is -0.223. The molecule has 0 spiro atoms. The van der Waals surface area contributed by atoms with Crippen molar-refractivity contribution in [2.75, 3.05) is 23.3 Å². The molecule has 26 heavy (non-hydrogen) atoms. The molecule has 1 amide bonds. The van der Waals surface area contributed by atoms with Crippen molar-refractivity contribution in [1.29, 1.82) is 0 Å². The van der Waals surface area contributed by atoms with Crippen molar-refractivity contribution >= 4 is 17.3 Å². The number of carbonyl (C=O) groups is 1. The molecule has 0 atom stereocenters. The molecular formula is C21H28N4O. The van der Waals surface area contributed by atoms with Gasteiger partial charge in [0, 0.05) is 30.4 Å². The highest BCUT2D eigenvalue weighted by atomic mass is 16.2. The molecule has 1 N–H and O–H groups in total. The maximum Gasteiger partial charge on any atom is 0.273 e. The normalized spacial score (nSPS) is 17.6. The van der Waals surface area contributed by atoms with Crippen LogP contribution in [0, 0.1) is 0 Å². The van der Waals surface area contributed by atoms with Crippen LogP contribution in [0.4, 0.5) is 11.4 Å². The Morgan fingerprint density at radius 1 is 1.12 bits per heavy atom. The third-order valence-corrected chi connectivity index (χ3v) is 5.19. The van der Waals surface area contributed by atoms with Crippen molar-refractivity contribution in [1.82, 2.24) is 9.78 Å². The van der Waals surface area contributed by atoms with E-state index in [1.54, 1.807) is 0 Å². The fourth-order valence-electron chi connectivity index (χ4n) is 3.58. The highest BCUT2D eigenvalue weighted by Gasteiger charge is 2.31. The molecule has 1 saturated heterocycles. The lowest BCUT2D eigenvalue weighted by Gasteiger charge is -2.22. The largest absolute Gasteiger partial charge is 0.372 e. The summed E-state index contributed by atoms with van der Waals surface area (Å²) in [6.07, 6.45) is 4.89. The Bertz CT molecular complexity index is 790. The highest BCUT2D eigenvalue weighted by molar-refractivity contribution is 6.03. The summed E-state index contributed by atoms with van der Waals surface area (Å²) in [5, 5.41) is 7.76. The van der Waals surface area contributed by atoms with E-state index in [1.165, 1.54) is 31.4 Å². The van der Waals surface area contributed by atoms with Crippen LogP contribution >= 0.6 is 0 Å². The predicted molar refractivity (Wildman–Crippen MR) is 105 cm³/mol. The molecule has 1 aromatic carbocycles. The zero-order valence-electron chi connectivity index (χ0n) is 16.0. The average molecular weight is 352 g/mol. The Morgan fingerprint density at radius 3 is 2.35 bits per heavy atom. The molecule has 4 rings (SSSR count). The first-order valence-electron chi connectivity index (χ1n) is 9.68. The summed E-state index contributed by atoms with van der Waals surface area (Å²) >= 11 is 0. The first-order chi connectivity index (χ1) is 12.4. The van der Waals surface area contributed by atoms with E-state index in [0.717, 1.165) is 24.5 Å². The summed E-state index contributed by atoms with van der Waals surface area (Å²) in [4.78, 5) is 15.3. The summed E-state index contributed by atoms with van der Waals surface area (Å²) < 4.78 is 1.87. The number of hydrogen-bond acceptors (Lipinski definition) is 3. The van der Waals surface area contributed by atoms with E-state index in [1.807, 2.05) is 22.9 Å². The SMILES string of the molecule is CC(C)(C)n1nc(C2CC2)cc1C(=O)Nc1ccc(N2CCCC2)cc1. The molecule has 1 aliphatic heterocycles. The summed E-state index contributed by atoms with van der Waals surface area (Å²) in [5.41, 5.74) is 3.53. The lowest BCUT2D eigenvalue weighted by Crippen LogP contribution is -2.29. The highest BCUT2D eigenvalue weighted by Crippen LogP contribution is 2.40. The molecule has 5 heteroatoms. The van der Waals surface area contributed by atoms with Gasteiger partial charge in [-0.1, -0.05) is 0 Å². The monoisotopic (exact) mass is 352 g/mol. The predicted octanol–water partition coefficient (Wildman–Crippen LogP) is 4.37. The van der Waals surface area contributed by atoms with Gasteiger partial charge in [-0.25, -0.2) is 0 Å². The maximum absolute atomic E-state index is 12.9. The van der Waals surface area contributed by atoms with Crippen molar-refractivity contribution in [2.45, 2.75) is 57.9 Å². The van der Waals surface area contributed by atoms with Crippen molar-refractivity contribution in [2.24, 2.45) is 0 Å². The zero-order valence-corrected chi connectivity index (χ0v) is 16.0. The van der Waals surface area contributed by atoms with Gasteiger partial charge in [0.2, 0.25) is 0 Å². The molecule has 2 aliphatic rings. The molecule has 138 valence electrons. The quantitative estimate of drug-likeness (QED) is 0.889. The van der Waals surface area contributed by atoms with E-state index in [2.05, 4.69) is 43.1 Å². The number of nitrogens with zero attached hydrogens (tertiary/aromatic N) is 3. The number of aromatic nitrogens is 2. The second kappa shape index (κ2) is 6.45. The molecule has 2 aromatic rings. The van der Waals surface area contributed by atoms with Gasteiger partial charge in [0.1, 0.15) is 5.69 Å². The van der Waals surface area contributed by atoms with Gasteiger partial charge in [-0.2, -0.15) is 5.10 Å². The Morgan fingerprint density at radius 2 is 1.77 bits per heavy atom. The van der Waals surface area contributed by atoms with Crippen molar-refractivity contribution < 1.29 is 4.79 Å². The zero-order chi connectivity index (χ0) is 18.3. The summed E-state index contributed by atoms with van der Waals surface area (Å²) in [7, 11) is 0. The lowest BCUT2D eigenvalue weighted by molar-refractivity contribution is 0.100. The van der Waals surface area contributed by atoms with Crippen molar-refractivity contribution in [3.8, 4) is 0 Å². The third-order valence-electron chi connectivity index (χ3n) is 5.19. The second-order valence-electron chi connectivity index (χ2n) is 8.51. The molecule has 1 saturated carbocycles. The minimum absolute atomic E-state index is 0.0896. The van der Waals surface area contributed by atoms with Gasteiger partial charge in [-0.3, -0.25) is 9.48 Å². The number of carbonyl (C=O) groups excluding carboxylic acids is 1. The average Bonchev–Trinajstić information content (AvgIpc) is 3.12. The summed E-state index contributed by atoms with van der Waals surface area (Å²) in [5.74, 6) is 0.443. The minimum Gasteiger partial charge on any atom is -0.372 e. The molecule has 0 radical (unpaired) electrons. The molecule has 5 nitrogen and oxygen atoms in total. The van der Waals surface area contributed by atoms with Gasteiger partial charge < -0.3 is 10.2 Å². The van der Waals surface area contributed by atoms with Crippen LogP contribution in [0.3, 0.4) is 0 Å². The standard InChI is InChI=1S/C21H28N4O/c1-21(2,3)25-19(14-18(23-25)15-6-7-15)20(26)22-16-8-10-17(11-9-16)24-12-4-5-13-24/h8-11,14-15H,4-7,12-13H2,1-3H3,(H,22,26). The topological polar surface area (TPSA) is 50.2 Å². The molecule has 1 aromatic heterocycles. The number of hydrogen-bond donors (Lipinski definition) is 1. The van der Waals surface area contributed by atoms with Crippen LogP contribution in [-0.4, -0.2) is 28.8 Å². The Balaban J connectivity index is 1.52. The van der Waals surface area contributed by atoms with Crippen LogP contribution in [0.5, 0.6) is 0 Å². The van der Waals surface area contributed by atoms with E-state index < -0.39 is 0 Å². The molecular weight excluding hydrogens is 324 g/mol. The van der Waals surface area contributed by atoms with Crippen LogP contribution in [-0.2, 0) is 5.54 Å².